The summed E-state index contributed by atoms with van der Waals surface area (Å²) in [6.45, 7) is 4.34. The maximum Gasteiger partial charge on any atom is 0.206 e. The minimum Gasteiger partial charge on any atom is -0.341 e. The van der Waals surface area contributed by atoms with Gasteiger partial charge in [0.2, 0.25) is 5.95 Å². The Hall–Kier alpha value is -1.03. The summed E-state index contributed by atoms with van der Waals surface area (Å²) in [5, 5.41) is 3.45. The summed E-state index contributed by atoms with van der Waals surface area (Å²) < 4.78 is 2.45. The molecule has 2 heterocycles. The second-order valence-electron chi connectivity index (χ2n) is 6.14. The van der Waals surface area contributed by atoms with Gasteiger partial charge in [0, 0.05) is 31.9 Å². The third kappa shape index (κ3) is 2.64. The van der Waals surface area contributed by atoms with Crippen molar-refractivity contribution in [2.75, 3.05) is 25.0 Å². The van der Waals surface area contributed by atoms with Gasteiger partial charge in [0.05, 0.1) is 5.69 Å². The normalized spacial score (nSPS) is 24.8. The lowest BCUT2D eigenvalue weighted by Crippen LogP contribution is -2.35. The number of anilines is 1. The molecule has 1 saturated carbocycles. The Kier molecular flexibility index (Phi) is 3.78. The number of nitrogens with zero attached hydrogens (tertiary/aromatic N) is 3. The molecule has 19 heavy (non-hydrogen) atoms. The number of likely N-dealkylation sites (N-methyl/N-ethyl adjacent to an activating group) is 1. The second-order valence-corrected chi connectivity index (χ2v) is 6.14. The van der Waals surface area contributed by atoms with Gasteiger partial charge in [0.15, 0.2) is 0 Å². The molecule has 106 valence electrons. The van der Waals surface area contributed by atoms with Gasteiger partial charge in [-0.15, -0.1) is 0 Å². The van der Waals surface area contributed by atoms with Gasteiger partial charge in [-0.05, 0) is 32.7 Å². The van der Waals surface area contributed by atoms with Gasteiger partial charge in [0.1, 0.15) is 0 Å². The van der Waals surface area contributed by atoms with Crippen molar-refractivity contribution < 1.29 is 0 Å². The van der Waals surface area contributed by atoms with Crippen LogP contribution in [0.15, 0.2) is 6.20 Å². The van der Waals surface area contributed by atoms with Gasteiger partial charge in [-0.25, -0.2) is 4.98 Å². The fraction of sp³-hybridized carbons (Fsp3) is 0.800. The molecule has 0 radical (unpaired) electrons. The van der Waals surface area contributed by atoms with Crippen LogP contribution in [-0.2, 0) is 0 Å². The Morgan fingerprint density at radius 1 is 1.26 bits per heavy atom. The first kappa shape index (κ1) is 13.0. The number of aromatic nitrogens is 2. The smallest absolute Gasteiger partial charge is 0.206 e. The molecule has 0 bridgehead atoms. The van der Waals surface area contributed by atoms with Crippen LogP contribution in [0.4, 0.5) is 5.95 Å². The molecule has 2 aliphatic rings. The Labute approximate surface area is 116 Å². The van der Waals surface area contributed by atoms with Gasteiger partial charge >= 0.3 is 0 Å². The molecule has 1 aliphatic carbocycles. The standard InChI is InChI=1S/C15H26N4/c1-12-11-19(13-6-4-3-5-7-13)15(17-12)18(2)14-8-9-16-10-14/h11,13-14,16H,3-10H2,1-2H3. The van der Waals surface area contributed by atoms with Crippen LogP contribution < -0.4 is 10.2 Å². The van der Waals surface area contributed by atoms with E-state index < -0.39 is 0 Å². The molecule has 0 amide bonds. The lowest BCUT2D eigenvalue weighted by atomic mass is 9.95. The lowest BCUT2D eigenvalue weighted by molar-refractivity contribution is 0.352. The molecular weight excluding hydrogens is 236 g/mol. The Bertz CT molecular complexity index is 414. The van der Waals surface area contributed by atoms with Crippen molar-refractivity contribution in [2.24, 2.45) is 0 Å². The van der Waals surface area contributed by atoms with Crippen molar-refractivity contribution in [1.29, 1.82) is 0 Å². The second kappa shape index (κ2) is 5.53. The zero-order valence-corrected chi connectivity index (χ0v) is 12.2. The first-order chi connectivity index (χ1) is 9.25. The lowest BCUT2D eigenvalue weighted by Gasteiger charge is -2.30. The van der Waals surface area contributed by atoms with E-state index in [-0.39, 0.29) is 0 Å². The largest absolute Gasteiger partial charge is 0.341 e. The highest BCUT2D eigenvalue weighted by molar-refractivity contribution is 5.35. The van der Waals surface area contributed by atoms with E-state index in [1.807, 2.05) is 0 Å². The molecule has 2 fully saturated rings. The van der Waals surface area contributed by atoms with E-state index in [0.717, 1.165) is 18.8 Å². The summed E-state index contributed by atoms with van der Waals surface area (Å²) in [6, 6.07) is 1.27. The van der Waals surface area contributed by atoms with Gasteiger partial charge < -0.3 is 14.8 Å². The SMILES string of the molecule is Cc1cn(C2CCCCC2)c(N(C)C2CCNC2)n1. The molecule has 4 nitrogen and oxygen atoms in total. The van der Waals surface area contributed by atoms with Crippen molar-refractivity contribution in [3.8, 4) is 0 Å². The van der Waals surface area contributed by atoms with Crippen LogP contribution in [0, 0.1) is 6.92 Å². The Morgan fingerprint density at radius 3 is 2.74 bits per heavy atom. The summed E-state index contributed by atoms with van der Waals surface area (Å²) in [6.07, 6.45) is 10.3. The average molecular weight is 262 g/mol. The Balaban J connectivity index is 1.83. The molecule has 0 spiro atoms. The molecular formula is C15H26N4. The summed E-state index contributed by atoms with van der Waals surface area (Å²) >= 11 is 0. The van der Waals surface area contributed by atoms with Crippen molar-refractivity contribution in [2.45, 2.75) is 57.5 Å². The maximum absolute atomic E-state index is 4.79. The molecule has 1 aromatic rings. The number of aryl methyl sites for hydroxylation is 1. The van der Waals surface area contributed by atoms with E-state index in [9.17, 15) is 0 Å². The quantitative estimate of drug-likeness (QED) is 0.908. The zero-order valence-electron chi connectivity index (χ0n) is 12.2. The summed E-state index contributed by atoms with van der Waals surface area (Å²) in [5.41, 5.74) is 1.15. The Morgan fingerprint density at radius 2 is 2.05 bits per heavy atom. The highest BCUT2D eigenvalue weighted by Gasteiger charge is 2.26. The number of imidazole rings is 1. The van der Waals surface area contributed by atoms with E-state index in [1.165, 1.54) is 44.5 Å². The van der Waals surface area contributed by atoms with Crippen LogP contribution >= 0.6 is 0 Å². The number of nitrogens with one attached hydrogen (secondary N) is 1. The predicted octanol–water partition coefficient (Wildman–Crippen LogP) is 2.49. The minimum atomic E-state index is 0.601. The fourth-order valence-corrected chi connectivity index (χ4v) is 3.53. The van der Waals surface area contributed by atoms with Crippen molar-refractivity contribution >= 4 is 5.95 Å². The average Bonchev–Trinajstić information content (AvgIpc) is 3.08. The van der Waals surface area contributed by atoms with Crippen LogP contribution in [0.3, 0.4) is 0 Å². The van der Waals surface area contributed by atoms with E-state index >= 15 is 0 Å². The molecule has 1 saturated heterocycles. The van der Waals surface area contributed by atoms with Gasteiger partial charge in [-0.2, -0.15) is 0 Å². The topological polar surface area (TPSA) is 33.1 Å². The number of hydrogen-bond acceptors (Lipinski definition) is 3. The van der Waals surface area contributed by atoms with Crippen molar-refractivity contribution in [3.63, 3.8) is 0 Å². The maximum atomic E-state index is 4.79. The summed E-state index contributed by atoms with van der Waals surface area (Å²) in [5.74, 6) is 1.18. The van der Waals surface area contributed by atoms with E-state index in [1.54, 1.807) is 0 Å². The molecule has 4 heteroatoms. The molecule has 1 N–H and O–H groups in total. The first-order valence-electron chi connectivity index (χ1n) is 7.75. The van der Waals surface area contributed by atoms with Gasteiger partial charge in [-0.1, -0.05) is 19.3 Å². The van der Waals surface area contributed by atoms with Crippen LogP contribution in [0.1, 0.15) is 50.3 Å². The fourth-order valence-electron chi connectivity index (χ4n) is 3.53. The minimum absolute atomic E-state index is 0.601. The van der Waals surface area contributed by atoms with E-state index in [2.05, 4.69) is 35.0 Å². The molecule has 1 atom stereocenters. The van der Waals surface area contributed by atoms with Crippen LogP contribution in [0.5, 0.6) is 0 Å². The highest BCUT2D eigenvalue weighted by atomic mass is 15.3. The molecule has 1 aliphatic heterocycles. The van der Waals surface area contributed by atoms with E-state index in [4.69, 9.17) is 4.98 Å². The van der Waals surface area contributed by atoms with Gasteiger partial charge in [-0.3, -0.25) is 0 Å². The van der Waals surface area contributed by atoms with E-state index in [0.29, 0.717) is 12.1 Å². The molecule has 1 unspecified atom stereocenters. The molecule has 1 aromatic heterocycles. The molecule has 3 rings (SSSR count). The zero-order chi connectivity index (χ0) is 13.2. The number of hydrogen-bond donors (Lipinski definition) is 1. The van der Waals surface area contributed by atoms with Crippen LogP contribution in [0.2, 0.25) is 0 Å². The summed E-state index contributed by atoms with van der Waals surface area (Å²) in [4.78, 5) is 7.18. The van der Waals surface area contributed by atoms with Crippen LogP contribution in [-0.4, -0.2) is 35.7 Å². The predicted molar refractivity (Wildman–Crippen MR) is 78.8 cm³/mol. The first-order valence-corrected chi connectivity index (χ1v) is 7.75. The number of rotatable bonds is 3. The highest BCUT2D eigenvalue weighted by Crippen LogP contribution is 2.32. The van der Waals surface area contributed by atoms with Crippen molar-refractivity contribution in [3.05, 3.63) is 11.9 Å². The third-order valence-electron chi connectivity index (χ3n) is 4.70. The third-order valence-corrected chi connectivity index (χ3v) is 4.70. The monoisotopic (exact) mass is 262 g/mol. The van der Waals surface area contributed by atoms with Gasteiger partial charge in [0.25, 0.3) is 0 Å². The summed E-state index contributed by atoms with van der Waals surface area (Å²) in [7, 11) is 2.21. The molecule has 0 aromatic carbocycles. The van der Waals surface area contributed by atoms with Crippen molar-refractivity contribution in [1.82, 2.24) is 14.9 Å². The van der Waals surface area contributed by atoms with Crippen LogP contribution in [0.25, 0.3) is 0 Å².